The second-order valence-corrected chi connectivity index (χ2v) is 4.92. The first-order valence-corrected chi connectivity index (χ1v) is 6.44. The summed E-state index contributed by atoms with van der Waals surface area (Å²) in [5, 5.41) is 14.1. The molecule has 1 aromatic rings. The van der Waals surface area contributed by atoms with Crippen LogP contribution in [0.1, 0.15) is 30.7 Å². The lowest BCUT2D eigenvalue weighted by molar-refractivity contribution is -0.141. The van der Waals surface area contributed by atoms with Crippen molar-refractivity contribution in [1.29, 1.82) is 0 Å². The number of carboxylic acid groups (broad SMARTS) is 1. The van der Waals surface area contributed by atoms with E-state index < -0.39 is 18.0 Å². The van der Waals surface area contributed by atoms with Crippen molar-refractivity contribution in [3.8, 4) is 0 Å². The molecule has 1 aliphatic carbocycles. The van der Waals surface area contributed by atoms with Crippen LogP contribution in [0, 0.1) is 6.92 Å². The summed E-state index contributed by atoms with van der Waals surface area (Å²) in [5.74, 6) is 0.243. The van der Waals surface area contributed by atoms with Gasteiger partial charge in [-0.1, -0.05) is 0 Å². The molecule has 21 heavy (non-hydrogen) atoms. The first-order valence-electron chi connectivity index (χ1n) is 6.44. The van der Waals surface area contributed by atoms with E-state index in [0.29, 0.717) is 19.0 Å². The van der Waals surface area contributed by atoms with Crippen molar-refractivity contribution >= 4 is 11.9 Å². The minimum absolute atomic E-state index is 0.130. The minimum Gasteiger partial charge on any atom is -0.465 e. The van der Waals surface area contributed by atoms with Crippen molar-refractivity contribution < 1.29 is 23.1 Å². The van der Waals surface area contributed by atoms with Crippen LogP contribution in [0.2, 0.25) is 0 Å². The Hall–Kier alpha value is -2.06. The third-order valence-corrected chi connectivity index (χ3v) is 3.38. The summed E-state index contributed by atoms with van der Waals surface area (Å²) in [5.41, 5.74) is -0.914. The molecule has 6 nitrogen and oxygen atoms in total. The van der Waals surface area contributed by atoms with Crippen LogP contribution in [0.4, 0.5) is 23.8 Å². The first-order chi connectivity index (χ1) is 9.77. The molecule has 1 amide bonds. The second kappa shape index (κ2) is 5.74. The molecule has 0 radical (unpaired) electrons. The SMILES string of the molecule is Cc1nc(C(F)(F)F)cnc1N[C@H]1CCC[C@@H]1NC(=O)O. The van der Waals surface area contributed by atoms with Gasteiger partial charge in [0.2, 0.25) is 0 Å². The van der Waals surface area contributed by atoms with Gasteiger partial charge in [0, 0.05) is 6.04 Å². The van der Waals surface area contributed by atoms with Gasteiger partial charge in [0.05, 0.1) is 17.9 Å². The van der Waals surface area contributed by atoms with Crippen molar-refractivity contribution in [2.45, 2.75) is 44.4 Å². The Labute approximate surface area is 118 Å². The molecule has 1 aromatic heterocycles. The average Bonchev–Trinajstić information content (AvgIpc) is 2.77. The second-order valence-electron chi connectivity index (χ2n) is 4.92. The molecule has 0 bridgehead atoms. The number of amides is 1. The molecule has 1 aliphatic rings. The number of aryl methyl sites for hydroxylation is 1. The molecule has 0 spiro atoms. The smallest absolute Gasteiger partial charge is 0.434 e. The Morgan fingerprint density at radius 3 is 2.62 bits per heavy atom. The third kappa shape index (κ3) is 3.73. The van der Waals surface area contributed by atoms with E-state index in [9.17, 15) is 18.0 Å². The Morgan fingerprint density at radius 2 is 2.05 bits per heavy atom. The number of rotatable bonds is 3. The topological polar surface area (TPSA) is 87.1 Å². The fraction of sp³-hybridized carbons (Fsp3) is 0.583. The predicted molar refractivity (Wildman–Crippen MR) is 68.0 cm³/mol. The highest BCUT2D eigenvalue weighted by molar-refractivity contribution is 5.65. The van der Waals surface area contributed by atoms with Crippen LogP contribution in [0.15, 0.2) is 6.20 Å². The number of nitrogens with zero attached hydrogens (tertiary/aromatic N) is 2. The highest BCUT2D eigenvalue weighted by Crippen LogP contribution is 2.29. The molecule has 116 valence electrons. The van der Waals surface area contributed by atoms with E-state index in [2.05, 4.69) is 20.6 Å². The molecule has 1 saturated carbocycles. The van der Waals surface area contributed by atoms with Crippen molar-refractivity contribution in [2.24, 2.45) is 0 Å². The van der Waals surface area contributed by atoms with E-state index >= 15 is 0 Å². The Morgan fingerprint density at radius 1 is 1.38 bits per heavy atom. The van der Waals surface area contributed by atoms with Gasteiger partial charge in [0.1, 0.15) is 5.82 Å². The minimum atomic E-state index is -4.53. The molecule has 2 rings (SSSR count). The van der Waals surface area contributed by atoms with Crippen LogP contribution < -0.4 is 10.6 Å². The van der Waals surface area contributed by atoms with Crippen LogP contribution in [0.5, 0.6) is 0 Å². The van der Waals surface area contributed by atoms with Crippen molar-refractivity contribution in [3.63, 3.8) is 0 Å². The first kappa shape index (κ1) is 15.3. The summed E-state index contributed by atoms with van der Waals surface area (Å²) >= 11 is 0. The number of aromatic nitrogens is 2. The third-order valence-electron chi connectivity index (χ3n) is 3.38. The molecule has 2 atom stereocenters. The zero-order valence-electron chi connectivity index (χ0n) is 11.2. The van der Waals surface area contributed by atoms with E-state index in [0.717, 1.165) is 6.42 Å². The lowest BCUT2D eigenvalue weighted by atomic mass is 10.1. The van der Waals surface area contributed by atoms with E-state index in [1.54, 1.807) is 0 Å². The van der Waals surface area contributed by atoms with E-state index in [4.69, 9.17) is 5.11 Å². The fourth-order valence-corrected chi connectivity index (χ4v) is 2.40. The number of alkyl halides is 3. The summed E-state index contributed by atoms with van der Waals surface area (Å²) < 4.78 is 37.5. The Kier molecular flexibility index (Phi) is 4.19. The van der Waals surface area contributed by atoms with E-state index in [1.807, 2.05) is 0 Å². The molecule has 1 fully saturated rings. The summed E-state index contributed by atoms with van der Waals surface area (Å²) in [6, 6.07) is -0.489. The molecular formula is C12H15F3N4O2. The number of hydrogen-bond donors (Lipinski definition) is 3. The molecular weight excluding hydrogens is 289 g/mol. The normalized spacial score (nSPS) is 22.1. The molecule has 0 unspecified atom stereocenters. The van der Waals surface area contributed by atoms with Gasteiger partial charge in [-0.3, -0.25) is 0 Å². The van der Waals surface area contributed by atoms with Crippen LogP contribution in [0.3, 0.4) is 0 Å². The van der Waals surface area contributed by atoms with Gasteiger partial charge in [-0.15, -0.1) is 0 Å². The predicted octanol–water partition coefficient (Wildman–Crippen LogP) is 2.40. The molecule has 3 N–H and O–H groups in total. The van der Waals surface area contributed by atoms with Gasteiger partial charge in [-0.25, -0.2) is 14.8 Å². The van der Waals surface area contributed by atoms with Gasteiger partial charge in [0.25, 0.3) is 0 Å². The lowest BCUT2D eigenvalue weighted by Gasteiger charge is -2.22. The summed E-state index contributed by atoms with van der Waals surface area (Å²) in [4.78, 5) is 17.9. The largest absolute Gasteiger partial charge is 0.465 e. The average molecular weight is 304 g/mol. The highest BCUT2D eigenvalue weighted by atomic mass is 19.4. The quantitative estimate of drug-likeness (QED) is 0.798. The van der Waals surface area contributed by atoms with Crippen molar-refractivity contribution in [2.75, 3.05) is 5.32 Å². The van der Waals surface area contributed by atoms with Crippen molar-refractivity contribution in [1.82, 2.24) is 15.3 Å². The van der Waals surface area contributed by atoms with Crippen LogP contribution >= 0.6 is 0 Å². The zero-order chi connectivity index (χ0) is 15.6. The maximum atomic E-state index is 12.5. The standard InChI is InChI=1S/C12H15F3N4O2/c1-6-10(16-5-9(17-6)12(13,14)15)18-7-3-2-4-8(7)19-11(20)21/h5,7-8,19H,2-4H2,1H3,(H,16,18)(H,20,21)/t7-,8-/m0/s1. The van der Waals surface area contributed by atoms with Crippen LogP contribution in [0.25, 0.3) is 0 Å². The summed E-state index contributed by atoms with van der Waals surface area (Å²) in [7, 11) is 0. The number of halogens is 3. The molecule has 0 aromatic carbocycles. The highest BCUT2D eigenvalue weighted by Gasteiger charge is 2.34. The number of nitrogens with one attached hydrogen (secondary N) is 2. The molecule has 9 heteroatoms. The van der Waals surface area contributed by atoms with Gasteiger partial charge in [0.15, 0.2) is 5.69 Å². The maximum Gasteiger partial charge on any atom is 0.434 e. The van der Waals surface area contributed by atoms with Crippen molar-refractivity contribution in [3.05, 3.63) is 17.6 Å². The number of carbonyl (C=O) groups is 1. The molecule has 1 heterocycles. The number of anilines is 1. The Bertz CT molecular complexity index is 536. The van der Waals surface area contributed by atoms with Gasteiger partial charge in [-0.05, 0) is 26.2 Å². The Balaban J connectivity index is 2.11. The summed E-state index contributed by atoms with van der Waals surface area (Å²) in [6.45, 7) is 1.43. The number of hydrogen-bond acceptors (Lipinski definition) is 4. The summed E-state index contributed by atoms with van der Waals surface area (Å²) in [6.07, 6.45) is -2.76. The zero-order valence-corrected chi connectivity index (χ0v) is 11.2. The monoisotopic (exact) mass is 304 g/mol. The van der Waals surface area contributed by atoms with Crippen LogP contribution in [-0.4, -0.2) is 33.3 Å². The molecule has 0 aliphatic heterocycles. The van der Waals surface area contributed by atoms with E-state index in [-0.39, 0.29) is 23.6 Å². The molecule has 0 saturated heterocycles. The van der Waals surface area contributed by atoms with Crippen LogP contribution in [-0.2, 0) is 6.18 Å². The lowest BCUT2D eigenvalue weighted by Crippen LogP contribution is -2.43. The van der Waals surface area contributed by atoms with Gasteiger partial charge in [-0.2, -0.15) is 13.2 Å². The van der Waals surface area contributed by atoms with E-state index in [1.165, 1.54) is 6.92 Å². The maximum absolute atomic E-state index is 12.5. The van der Waals surface area contributed by atoms with Gasteiger partial charge < -0.3 is 15.7 Å². The fourth-order valence-electron chi connectivity index (χ4n) is 2.40. The van der Waals surface area contributed by atoms with Gasteiger partial charge >= 0.3 is 12.3 Å².